The van der Waals surface area contributed by atoms with Crippen LogP contribution in [0.25, 0.3) is 11.3 Å². The normalized spacial score (nSPS) is 15.1. The zero-order valence-electron chi connectivity index (χ0n) is 14.7. The molecule has 0 radical (unpaired) electrons. The molecule has 2 amide bonds. The first-order chi connectivity index (χ1) is 12.1. The van der Waals surface area contributed by atoms with Gasteiger partial charge in [-0.15, -0.1) is 0 Å². The average molecular weight is 341 g/mol. The van der Waals surface area contributed by atoms with Crippen LogP contribution in [0.3, 0.4) is 0 Å². The first kappa shape index (κ1) is 17.2. The molecule has 1 saturated heterocycles. The Morgan fingerprint density at radius 2 is 1.76 bits per heavy atom. The highest BCUT2D eigenvalue weighted by Crippen LogP contribution is 2.26. The summed E-state index contributed by atoms with van der Waals surface area (Å²) in [5.74, 6) is 0.978. The molecule has 0 aliphatic carbocycles. The van der Waals surface area contributed by atoms with Crippen LogP contribution in [0, 0.1) is 6.92 Å². The zero-order chi connectivity index (χ0) is 17.8. The van der Waals surface area contributed by atoms with Crippen molar-refractivity contribution in [3.05, 3.63) is 41.9 Å². The van der Waals surface area contributed by atoms with E-state index in [2.05, 4.69) is 4.98 Å². The molecule has 1 aliphatic rings. The molecular weight excluding hydrogens is 318 g/mol. The number of nitrogens with zero attached hydrogens (tertiary/aromatic N) is 3. The second-order valence-corrected chi connectivity index (χ2v) is 6.16. The standard InChI is InChI=1S/C19H23N3O3/c1-3-16(23)21-10-7-11-22(13-12-21)19(24)17-18(25-14(2)20-17)15-8-5-4-6-9-15/h4-6,8-9H,3,7,10-13H2,1-2H3. The third-order valence-corrected chi connectivity index (χ3v) is 4.41. The SMILES string of the molecule is CCC(=O)N1CCCN(C(=O)c2nc(C)oc2-c2ccccc2)CC1. The number of rotatable bonds is 3. The van der Waals surface area contributed by atoms with E-state index in [1.54, 1.807) is 11.8 Å². The van der Waals surface area contributed by atoms with Crippen molar-refractivity contribution >= 4 is 11.8 Å². The summed E-state index contributed by atoms with van der Waals surface area (Å²) in [6.45, 7) is 6.00. The van der Waals surface area contributed by atoms with Gasteiger partial charge in [0.1, 0.15) is 0 Å². The summed E-state index contributed by atoms with van der Waals surface area (Å²) in [5, 5.41) is 0. The molecule has 1 fully saturated rings. The fourth-order valence-electron chi connectivity index (χ4n) is 3.10. The lowest BCUT2D eigenvalue weighted by atomic mass is 10.1. The van der Waals surface area contributed by atoms with Gasteiger partial charge in [0.05, 0.1) is 0 Å². The second-order valence-electron chi connectivity index (χ2n) is 6.16. The van der Waals surface area contributed by atoms with Gasteiger partial charge in [-0.1, -0.05) is 37.3 Å². The number of benzene rings is 1. The number of amides is 2. The second kappa shape index (κ2) is 7.51. The van der Waals surface area contributed by atoms with E-state index in [1.165, 1.54) is 0 Å². The van der Waals surface area contributed by atoms with Gasteiger partial charge in [0, 0.05) is 45.1 Å². The lowest BCUT2D eigenvalue weighted by Gasteiger charge is -2.21. The lowest BCUT2D eigenvalue weighted by molar-refractivity contribution is -0.130. The molecule has 6 nitrogen and oxygen atoms in total. The molecule has 0 bridgehead atoms. The van der Waals surface area contributed by atoms with Gasteiger partial charge in [0.2, 0.25) is 5.91 Å². The molecule has 2 aromatic rings. The van der Waals surface area contributed by atoms with E-state index in [0.29, 0.717) is 49.9 Å². The number of carbonyl (C=O) groups excluding carboxylic acids is 2. The maximum Gasteiger partial charge on any atom is 0.276 e. The molecule has 0 unspecified atom stereocenters. The average Bonchev–Trinajstić information content (AvgIpc) is 2.87. The highest BCUT2D eigenvalue weighted by atomic mass is 16.4. The number of carbonyl (C=O) groups is 2. The predicted octanol–water partition coefficient (Wildman–Crippen LogP) is 2.73. The number of aryl methyl sites for hydroxylation is 1. The van der Waals surface area contributed by atoms with Crippen LogP contribution >= 0.6 is 0 Å². The van der Waals surface area contributed by atoms with Gasteiger partial charge >= 0.3 is 0 Å². The molecule has 0 saturated carbocycles. The van der Waals surface area contributed by atoms with Gasteiger partial charge in [-0.05, 0) is 6.42 Å². The number of oxazole rings is 1. The van der Waals surface area contributed by atoms with Gasteiger partial charge in [-0.3, -0.25) is 9.59 Å². The van der Waals surface area contributed by atoms with Gasteiger partial charge in [0.25, 0.3) is 5.91 Å². The van der Waals surface area contributed by atoms with Crippen LogP contribution in [0.4, 0.5) is 0 Å². The Morgan fingerprint density at radius 1 is 1.08 bits per heavy atom. The third kappa shape index (κ3) is 3.73. The van der Waals surface area contributed by atoms with Crippen LogP contribution in [0.1, 0.15) is 36.1 Å². The Balaban J connectivity index is 1.81. The fraction of sp³-hybridized carbons (Fsp3) is 0.421. The third-order valence-electron chi connectivity index (χ3n) is 4.41. The fourth-order valence-corrected chi connectivity index (χ4v) is 3.10. The Morgan fingerprint density at radius 3 is 2.48 bits per heavy atom. The molecule has 1 aromatic carbocycles. The van der Waals surface area contributed by atoms with E-state index in [1.807, 2.05) is 42.2 Å². The largest absolute Gasteiger partial charge is 0.440 e. The first-order valence-electron chi connectivity index (χ1n) is 8.70. The molecule has 0 spiro atoms. The first-order valence-corrected chi connectivity index (χ1v) is 8.70. The summed E-state index contributed by atoms with van der Waals surface area (Å²) in [7, 11) is 0. The van der Waals surface area contributed by atoms with Gasteiger partial charge in [-0.25, -0.2) is 4.98 Å². The van der Waals surface area contributed by atoms with Crippen molar-refractivity contribution < 1.29 is 14.0 Å². The summed E-state index contributed by atoms with van der Waals surface area (Å²) in [6, 6.07) is 9.53. The van der Waals surface area contributed by atoms with E-state index >= 15 is 0 Å². The van der Waals surface area contributed by atoms with Gasteiger partial charge in [0.15, 0.2) is 17.3 Å². The number of aromatic nitrogens is 1. The number of hydrogen-bond donors (Lipinski definition) is 0. The maximum atomic E-state index is 13.0. The maximum absolute atomic E-state index is 13.0. The summed E-state index contributed by atoms with van der Waals surface area (Å²) < 4.78 is 5.70. The van der Waals surface area contributed by atoms with Crippen LogP contribution in [0.2, 0.25) is 0 Å². The van der Waals surface area contributed by atoms with Crippen LogP contribution in [0.15, 0.2) is 34.7 Å². The van der Waals surface area contributed by atoms with Gasteiger partial charge in [-0.2, -0.15) is 0 Å². The van der Waals surface area contributed by atoms with E-state index < -0.39 is 0 Å². The zero-order valence-corrected chi connectivity index (χ0v) is 14.7. The predicted molar refractivity (Wildman–Crippen MR) is 94.1 cm³/mol. The van der Waals surface area contributed by atoms with Crippen molar-refractivity contribution in [2.75, 3.05) is 26.2 Å². The van der Waals surface area contributed by atoms with E-state index in [-0.39, 0.29) is 11.8 Å². The van der Waals surface area contributed by atoms with Crippen molar-refractivity contribution in [3.8, 4) is 11.3 Å². The minimum absolute atomic E-state index is 0.136. The molecule has 132 valence electrons. The topological polar surface area (TPSA) is 66.7 Å². The molecule has 3 rings (SSSR count). The van der Waals surface area contributed by atoms with Crippen LogP contribution in [0.5, 0.6) is 0 Å². The molecule has 1 aromatic heterocycles. The molecule has 6 heteroatoms. The van der Waals surface area contributed by atoms with Crippen molar-refractivity contribution in [1.29, 1.82) is 0 Å². The van der Waals surface area contributed by atoms with E-state index in [0.717, 1.165) is 12.0 Å². The molecule has 0 atom stereocenters. The van der Waals surface area contributed by atoms with Crippen molar-refractivity contribution in [2.45, 2.75) is 26.7 Å². The minimum Gasteiger partial charge on any atom is -0.440 e. The lowest BCUT2D eigenvalue weighted by Crippen LogP contribution is -2.37. The van der Waals surface area contributed by atoms with Crippen molar-refractivity contribution in [1.82, 2.24) is 14.8 Å². The molecule has 1 aliphatic heterocycles. The van der Waals surface area contributed by atoms with Crippen LogP contribution in [-0.4, -0.2) is 52.8 Å². The van der Waals surface area contributed by atoms with E-state index in [9.17, 15) is 9.59 Å². The Labute approximate surface area is 147 Å². The van der Waals surface area contributed by atoms with E-state index in [4.69, 9.17) is 4.42 Å². The molecular formula is C19H23N3O3. The summed E-state index contributed by atoms with van der Waals surface area (Å²) in [6.07, 6.45) is 1.27. The molecule has 25 heavy (non-hydrogen) atoms. The van der Waals surface area contributed by atoms with Crippen molar-refractivity contribution in [2.24, 2.45) is 0 Å². The number of hydrogen-bond acceptors (Lipinski definition) is 4. The van der Waals surface area contributed by atoms with Crippen LogP contribution in [-0.2, 0) is 4.79 Å². The summed E-state index contributed by atoms with van der Waals surface area (Å²) in [5.41, 5.74) is 1.18. The van der Waals surface area contributed by atoms with Crippen molar-refractivity contribution in [3.63, 3.8) is 0 Å². The quantitative estimate of drug-likeness (QED) is 0.861. The molecule has 2 heterocycles. The summed E-state index contributed by atoms with van der Waals surface area (Å²) in [4.78, 5) is 32.8. The highest BCUT2D eigenvalue weighted by Gasteiger charge is 2.27. The monoisotopic (exact) mass is 341 g/mol. The van der Waals surface area contributed by atoms with Gasteiger partial charge < -0.3 is 14.2 Å². The minimum atomic E-state index is -0.137. The Kier molecular flexibility index (Phi) is 5.16. The Bertz CT molecular complexity index is 755. The molecule has 0 N–H and O–H groups in total. The highest BCUT2D eigenvalue weighted by molar-refractivity contribution is 5.97. The summed E-state index contributed by atoms with van der Waals surface area (Å²) >= 11 is 0. The van der Waals surface area contributed by atoms with Crippen LogP contribution < -0.4 is 0 Å². The smallest absolute Gasteiger partial charge is 0.276 e. The Hall–Kier alpha value is -2.63.